The zero-order valence-corrected chi connectivity index (χ0v) is 20.3. The van der Waals surface area contributed by atoms with Gasteiger partial charge in [-0.3, -0.25) is 14.7 Å². The van der Waals surface area contributed by atoms with Gasteiger partial charge in [0, 0.05) is 15.6 Å². The Morgan fingerprint density at radius 1 is 1.00 bits per heavy atom. The molecule has 4 aromatic rings. The number of halogens is 1. The van der Waals surface area contributed by atoms with Crippen LogP contribution in [0, 0.1) is 24.0 Å². The van der Waals surface area contributed by atoms with Gasteiger partial charge >= 0.3 is 0 Å². The molecule has 1 atom stereocenters. The fourth-order valence-corrected chi connectivity index (χ4v) is 4.71. The topological polar surface area (TPSA) is 83.1 Å². The van der Waals surface area contributed by atoms with E-state index in [1.165, 1.54) is 17.3 Å². The van der Waals surface area contributed by atoms with Gasteiger partial charge in [0.25, 0.3) is 0 Å². The largest absolute Gasteiger partial charge is 0.489 e. The highest BCUT2D eigenvalue weighted by Gasteiger charge is 2.24. The molecule has 7 nitrogen and oxygen atoms in total. The van der Waals surface area contributed by atoms with Gasteiger partial charge < -0.3 is 4.74 Å². The average Bonchev–Trinajstić information content (AvgIpc) is 3.19. The van der Waals surface area contributed by atoms with Crippen LogP contribution in [0.15, 0.2) is 78.0 Å². The van der Waals surface area contributed by atoms with Crippen molar-refractivity contribution in [2.45, 2.75) is 30.9 Å². The Kier molecular flexibility index (Phi) is 7.49. The van der Waals surface area contributed by atoms with E-state index in [2.05, 4.69) is 10.2 Å². The van der Waals surface area contributed by atoms with Crippen molar-refractivity contribution >= 4 is 23.4 Å². The molecule has 0 N–H and O–H groups in total. The molecule has 0 aliphatic carbocycles. The minimum Gasteiger partial charge on any atom is -0.489 e. The van der Waals surface area contributed by atoms with Gasteiger partial charge in [-0.1, -0.05) is 65.3 Å². The first-order valence-corrected chi connectivity index (χ1v) is 11.9. The Labute approximate surface area is 206 Å². The summed E-state index contributed by atoms with van der Waals surface area (Å²) in [6, 6.07) is 22.9. The number of aryl methyl sites for hydroxylation is 2. The third kappa shape index (κ3) is 5.95. The SMILES string of the molecule is Cc1ccc(COc2ccc([C@@H](C[N+](=O)[O-])Sc3nnc(C)n3-c3ccc(Cl)cc3)cc2)cc1. The molecule has 0 amide bonds. The first-order chi connectivity index (χ1) is 16.4. The van der Waals surface area contributed by atoms with Gasteiger partial charge in [-0.05, 0) is 61.4 Å². The zero-order chi connectivity index (χ0) is 24.1. The molecular weight excluding hydrogens is 472 g/mol. The van der Waals surface area contributed by atoms with Crippen LogP contribution >= 0.6 is 23.4 Å². The third-order valence-electron chi connectivity index (χ3n) is 5.22. The van der Waals surface area contributed by atoms with Crippen LogP contribution in [0.5, 0.6) is 5.75 Å². The van der Waals surface area contributed by atoms with E-state index in [1.54, 1.807) is 12.1 Å². The Morgan fingerprint density at radius 3 is 2.32 bits per heavy atom. The van der Waals surface area contributed by atoms with E-state index < -0.39 is 5.25 Å². The van der Waals surface area contributed by atoms with Crippen LogP contribution in [0.2, 0.25) is 5.02 Å². The number of nitro groups is 1. The Hall–Kier alpha value is -3.36. The highest BCUT2D eigenvalue weighted by molar-refractivity contribution is 7.99. The molecule has 1 heterocycles. The van der Waals surface area contributed by atoms with E-state index in [0.717, 1.165) is 16.8 Å². The minimum atomic E-state index is -0.448. The molecule has 0 bridgehead atoms. The number of ether oxygens (including phenoxy) is 1. The van der Waals surface area contributed by atoms with Crippen LogP contribution in [0.4, 0.5) is 0 Å². The second kappa shape index (κ2) is 10.7. The number of thioether (sulfide) groups is 1. The minimum absolute atomic E-state index is 0.249. The van der Waals surface area contributed by atoms with E-state index in [0.29, 0.717) is 28.4 Å². The zero-order valence-electron chi connectivity index (χ0n) is 18.7. The van der Waals surface area contributed by atoms with E-state index in [1.807, 2.05) is 79.1 Å². The molecule has 34 heavy (non-hydrogen) atoms. The van der Waals surface area contributed by atoms with Crippen LogP contribution < -0.4 is 4.74 Å². The highest BCUT2D eigenvalue weighted by atomic mass is 35.5. The quantitative estimate of drug-likeness (QED) is 0.156. The molecule has 4 rings (SSSR count). The monoisotopic (exact) mass is 494 g/mol. The smallest absolute Gasteiger partial charge is 0.220 e. The Bertz CT molecular complexity index is 1260. The van der Waals surface area contributed by atoms with Crippen molar-refractivity contribution < 1.29 is 9.66 Å². The lowest BCUT2D eigenvalue weighted by Gasteiger charge is -2.15. The lowest BCUT2D eigenvalue weighted by Crippen LogP contribution is -2.11. The first-order valence-electron chi connectivity index (χ1n) is 10.6. The molecule has 0 spiro atoms. The molecule has 0 aliphatic heterocycles. The molecule has 0 aliphatic rings. The highest BCUT2D eigenvalue weighted by Crippen LogP contribution is 2.36. The summed E-state index contributed by atoms with van der Waals surface area (Å²) in [4.78, 5) is 11.1. The maximum Gasteiger partial charge on any atom is 0.220 e. The molecule has 0 radical (unpaired) electrons. The van der Waals surface area contributed by atoms with Crippen molar-refractivity contribution in [3.05, 3.63) is 110 Å². The Balaban J connectivity index is 1.52. The van der Waals surface area contributed by atoms with Gasteiger partial charge in [-0.15, -0.1) is 10.2 Å². The van der Waals surface area contributed by atoms with Gasteiger partial charge in [0.05, 0.1) is 0 Å². The number of benzene rings is 3. The summed E-state index contributed by atoms with van der Waals surface area (Å²) < 4.78 is 7.75. The summed E-state index contributed by atoms with van der Waals surface area (Å²) in [5.41, 5.74) is 3.93. The van der Waals surface area contributed by atoms with Gasteiger partial charge in [0.15, 0.2) is 5.16 Å². The summed E-state index contributed by atoms with van der Waals surface area (Å²) in [6.45, 7) is 4.09. The van der Waals surface area contributed by atoms with Crippen LogP contribution in [0.25, 0.3) is 5.69 Å². The summed E-state index contributed by atoms with van der Waals surface area (Å²) in [5.74, 6) is 1.39. The van der Waals surface area contributed by atoms with Gasteiger partial charge in [-0.25, -0.2) is 0 Å². The fraction of sp³-hybridized carbons (Fsp3) is 0.200. The maximum absolute atomic E-state index is 11.4. The predicted octanol–water partition coefficient (Wildman–Crippen LogP) is 6.23. The van der Waals surface area contributed by atoms with E-state index in [4.69, 9.17) is 16.3 Å². The number of rotatable bonds is 9. The summed E-state index contributed by atoms with van der Waals surface area (Å²) in [5, 5.41) is 20.6. The number of hydrogen-bond donors (Lipinski definition) is 0. The number of aromatic nitrogens is 3. The summed E-state index contributed by atoms with van der Waals surface area (Å²) in [7, 11) is 0. The third-order valence-corrected chi connectivity index (χ3v) is 6.65. The molecule has 0 saturated carbocycles. The standard InChI is InChI=1S/C25H23ClN4O3S/c1-17-3-5-19(6-4-17)16-33-23-13-7-20(8-14-23)24(15-29(31)32)34-25-28-27-18(2)30(25)22-11-9-21(26)10-12-22/h3-14,24H,15-16H2,1-2H3/t24-/m1/s1. The predicted molar refractivity (Wildman–Crippen MR) is 134 cm³/mol. The second-order valence-corrected chi connectivity index (χ2v) is 9.41. The molecule has 174 valence electrons. The number of nitrogens with zero attached hydrogens (tertiary/aromatic N) is 4. The van der Waals surface area contributed by atoms with Gasteiger partial charge in [0.2, 0.25) is 6.54 Å². The lowest BCUT2D eigenvalue weighted by molar-refractivity contribution is -0.479. The molecule has 0 unspecified atom stereocenters. The van der Waals surface area contributed by atoms with Crippen molar-refractivity contribution in [1.29, 1.82) is 0 Å². The first kappa shape index (κ1) is 23.8. The van der Waals surface area contributed by atoms with Crippen molar-refractivity contribution in [1.82, 2.24) is 14.8 Å². The molecule has 1 aromatic heterocycles. The van der Waals surface area contributed by atoms with Gasteiger partial charge in [0.1, 0.15) is 23.4 Å². The van der Waals surface area contributed by atoms with Crippen molar-refractivity contribution in [3.63, 3.8) is 0 Å². The maximum atomic E-state index is 11.4. The fourth-order valence-electron chi connectivity index (χ4n) is 3.41. The normalized spacial score (nSPS) is 11.9. The van der Waals surface area contributed by atoms with E-state index >= 15 is 0 Å². The molecule has 0 fully saturated rings. The van der Waals surface area contributed by atoms with E-state index in [9.17, 15) is 10.1 Å². The van der Waals surface area contributed by atoms with Crippen molar-refractivity contribution in [2.24, 2.45) is 0 Å². The van der Waals surface area contributed by atoms with Gasteiger partial charge in [-0.2, -0.15) is 0 Å². The van der Waals surface area contributed by atoms with Crippen LogP contribution in [0.3, 0.4) is 0 Å². The number of hydrogen-bond acceptors (Lipinski definition) is 6. The second-order valence-electron chi connectivity index (χ2n) is 7.81. The van der Waals surface area contributed by atoms with Crippen LogP contribution in [-0.4, -0.2) is 26.2 Å². The molecule has 9 heteroatoms. The molecule has 0 saturated heterocycles. The Morgan fingerprint density at radius 2 is 1.68 bits per heavy atom. The van der Waals surface area contributed by atoms with E-state index in [-0.39, 0.29) is 11.5 Å². The summed E-state index contributed by atoms with van der Waals surface area (Å²) >= 11 is 7.33. The molecular formula is C25H23ClN4O3S. The van der Waals surface area contributed by atoms with Crippen LogP contribution in [0.1, 0.15) is 27.8 Å². The average molecular weight is 495 g/mol. The lowest BCUT2D eigenvalue weighted by atomic mass is 10.1. The summed E-state index contributed by atoms with van der Waals surface area (Å²) in [6.07, 6.45) is 0. The van der Waals surface area contributed by atoms with Crippen molar-refractivity contribution in [3.8, 4) is 11.4 Å². The van der Waals surface area contributed by atoms with Crippen molar-refractivity contribution in [2.75, 3.05) is 6.54 Å². The molecule has 3 aromatic carbocycles. The van der Waals surface area contributed by atoms with Crippen LogP contribution in [-0.2, 0) is 6.61 Å².